The summed E-state index contributed by atoms with van der Waals surface area (Å²) in [6, 6.07) is 18.7. The van der Waals surface area contributed by atoms with Crippen LogP contribution in [0.2, 0.25) is 0 Å². The number of hydrazone groups is 1. The van der Waals surface area contributed by atoms with Crippen molar-refractivity contribution < 1.29 is 32.2 Å². The van der Waals surface area contributed by atoms with Crippen LogP contribution in [0, 0.1) is 6.92 Å². The van der Waals surface area contributed by atoms with Gasteiger partial charge < -0.3 is 14.4 Å². The third-order valence-corrected chi connectivity index (χ3v) is 6.67. The number of amides is 2. The van der Waals surface area contributed by atoms with Crippen molar-refractivity contribution in [3.05, 3.63) is 101 Å². The highest BCUT2D eigenvalue weighted by Crippen LogP contribution is 2.34. The van der Waals surface area contributed by atoms with Crippen LogP contribution in [0.1, 0.15) is 45.1 Å². The first kappa shape index (κ1) is 28.8. The maximum Gasteiger partial charge on any atom is 0.416 e. The quantitative estimate of drug-likeness (QED) is 0.352. The van der Waals surface area contributed by atoms with E-state index >= 15 is 0 Å². The molecular weight excluding hydrogens is 523 g/mol. The summed E-state index contributed by atoms with van der Waals surface area (Å²) in [5.74, 6) is -0.355. The second-order valence-corrected chi connectivity index (χ2v) is 9.44. The molecule has 0 radical (unpaired) electrons. The van der Waals surface area contributed by atoms with Crippen LogP contribution in [0.4, 0.5) is 13.2 Å². The predicted octanol–water partition coefficient (Wildman–Crippen LogP) is 5.49. The number of alkyl halides is 3. The molecule has 10 heteroatoms. The molecule has 0 saturated carbocycles. The third-order valence-electron chi connectivity index (χ3n) is 6.67. The monoisotopic (exact) mass is 553 g/mol. The normalized spacial score (nSPS) is 15.1. The zero-order valence-corrected chi connectivity index (χ0v) is 22.4. The lowest BCUT2D eigenvalue weighted by Gasteiger charge is -2.27. The number of aryl methyl sites for hydroxylation is 1. The predicted molar refractivity (Wildman–Crippen MR) is 144 cm³/mol. The van der Waals surface area contributed by atoms with E-state index in [4.69, 9.17) is 9.47 Å². The van der Waals surface area contributed by atoms with E-state index < -0.39 is 29.6 Å². The Morgan fingerprint density at radius 3 is 2.35 bits per heavy atom. The second kappa shape index (κ2) is 12.3. The van der Waals surface area contributed by atoms with Gasteiger partial charge in [-0.25, -0.2) is 5.01 Å². The molecule has 7 nitrogen and oxygen atoms in total. The smallest absolute Gasteiger partial charge is 0.416 e. The number of benzene rings is 3. The van der Waals surface area contributed by atoms with Crippen molar-refractivity contribution in [2.45, 2.75) is 25.6 Å². The Balaban J connectivity index is 1.62. The second-order valence-electron chi connectivity index (χ2n) is 9.44. The number of ether oxygens (including phenoxy) is 2. The third kappa shape index (κ3) is 6.69. The molecule has 0 fully saturated rings. The molecule has 40 heavy (non-hydrogen) atoms. The Kier molecular flexibility index (Phi) is 8.89. The fraction of sp³-hybridized carbons (Fsp3) is 0.300. The summed E-state index contributed by atoms with van der Waals surface area (Å²) in [6.07, 6.45) is -4.07. The summed E-state index contributed by atoms with van der Waals surface area (Å²) in [6.45, 7) is 1.84. The van der Waals surface area contributed by atoms with Crippen LogP contribution >= 0.6 is 0 Å². The average Bonchev–Trinajstić information content (AvgIpc) is 3.40. The largest absolute Gasteiger partial charge is 0.497 e. The molecule has 1 heterocycles. The van der Waals surface area contributed by atoms with Crippen molar-refractivity contribution in [3.8, 4) is 5.75 Å². The van der Waals surface area contributed by atoms with Crippen molar-refractivity contribution in [1.29, 1.82) is 0 Å². The maximum atomic E-state index is 13.7. The number of methoxy groups -OCH3 is 2. The van der Waals surface area contributed by atoms with Crippen LogP contribution in [0.15, 0.2) is 77.9 Å². The van der Waals surface area contributed by atoms with Gasteiger partial charge in [0, 0.05) is 31.2 Å². The number of halogens is 3. The maximum absolute atomic E-state index is 13.7. The first-order chi connectivity index (χ1) is 19.1. The molecule has 1 unspecified atom stereocenters. The van der Waals surface area contributed by atoms with E-state index in [1.54, 1.807) is 7.11 Å². The fourth-order valence-corrected chi connectivity index (χ4v) is 4.44. The summed E-state index contributed by atoms with van der Waals surface area (Å²) in [5, 5.41) is 6.06. The lowest BCUT2D eigenvalue weighted by atomic mass is 9.97. The van der Waals surface area contributed by atoms with Gasteiger partial charge >= 0.3 is 6.18 Å². The number of carbonyl (C=O) groups excluding carboxylic acids is 2. The van der Waals surface area contributed by atoms with E-state index in [-0.39, 0.29) is 25.3 Å². The molecule has 2 amide bonds. The van der Waals surface area contributed by atoms with Gasteiger partial charge in [-0.15, -0.1) is 0 Å². The summed E-state index contributed by atoms with van der Waals surface area (Å²) in [7, 11) is 3.03. The Labute approximate surface area is 230 Å². The zero-order chi connectivity index (χ0) is 28.9. The molecule has 0 aliphatic carbocycles. The lowest BCUT2D eigenvalue weighted by molar-refractivity contribution is -0.137. The van der Waals surface area contributed by atoms with Crippen molar-refractivity contribution in [3.63, 3.8) is 0 Å². The molecule has 0 bridgehead atoms. The van der Waals surface area contributed by atoms with Gasteiger partial charge in [0.1, 0.15) is 12.3 Å². The highest BCUT2D eigenvalue weighted by Gasteiger charge is 2.35. The van der Waals surface area contributed by atoms with Gasteiger partial charge in [-0.1, -0.05) is 42.0 Å². The first-order valence-electron chi connectivity index (χ1n) is 12.7. The van der Waals surface area contributed by atoms with Crippen LogP contribution in [0.25, 0.3) is 0 Å². The summed E-state index contributed by atoms with van der Waals surface area (Å²) in [4.78, 5) is 28.2. The van der Waals surface area contributed by atoms with E-state index in [2.05, 4.69) is 5.10 Å². The number of nitrogens with zero attached hydrogens (tertiary/aromatic N) is 3. The summed E-state index contributed by atoms with van der Waals surface area (Å²) in [5.41, 5.74) is 2.63. The molecule has 3 aromatic rings. The van der Waals surface area contributed by atoms with E-state index in [9.17, 15) is 22.8 Å². The van der Waals surface area contributed by atoms with E-state index in [1.165, 1.54) is 17.0 Å². The molecule has 4 rings (SSSR count). The van der Waals surface area contributed by atoms with Gasteiger partial charge in [0.15, 0.2) is 0 Å². The van der Waals surface area contributed by atoms with Crippen LogP contribution in [0.3, 0.4) is 0 Å². The summed E-state index contributed by atoms with van der Waals surface area (Å²) >= 11 is 0. The first-order valence-corrected chi connectivity index (χ1v) is 12.7. The van der Waals surface area contributed by atoms with E-state index in [0.29, 0.717) is 17.9 Å². The van der Waals surface area contributed by atoms with Gasteiger partial charge in [0.05, 0.1) is 31.0 Å². The number of hydrogen-bond donors (Lipinski definition) is 0. The van der Waals surface area contributed by atoms with Crippen molar-refractivity contribution in [1.82, 2.24) is 9.91 Å². The van der Waals surface area contributed by atoms with Gasteiger partial charge in [0.2, 0.25) is 0 Å². The Hall–Kier alpha value is -4.18. The molecule has 1 aliphatic rings. The average molecular weight is 554 g/mol. The van der Waals surface area contributed by atoms with Crippen molar-refractivity contribution >= 4 is 17.5 Å². The van der Waals surface area contributed by atoms with Gasteiger partial charge in [-0.2, -0.15) is 18.3 Å². The minimum atomic E-state index is -4.52. The van der Waals surface area contributed by atoms with Crippen molar-refractivity contribution in [2.24, 2.45) is 5.10 Å². The van der Waals surface area contributed by atoms with Crippen LogP contribution in [-0.2, 0) is 15.7 Å². The number of hydrogen-bond acceptors (Lipinski definition) is 5. The van der Waals surface area contributed by atoms with Crippen molar-refractivity contribution in [2.75, 3.05) is 33.9 Å². The highest BCUT2D eigenvalue weighted by atomic mass is 19.4. The molecule has 1 atom stereocenters. The molecule has 0 saturated heterocycles. The molecule has 1 aliphatic heterocycles. The number of rotatable bonds is 9. The van der Waals surface area contributed by atoms with Gasteiger partial charge in [-0.05, 0) is 48.9 Å². The fourth-order valence-electron chi connectivity index (χ4n) is 4.44. The van der Waals surface area contributed by atoms with E-state index in [0.717, 1.165) is 41.0 Å². The van der Waals surface area contributed by atoms with Crippen LogP contribution < -0.4 is 4.74 Å². The standard InChI is InChI=1S/C30H30F3N3O4/c1-20-7-9-21(10-8-20)27-18-26(23-5-4-6-25(17-23)40-3)34-36(27)28(37)19-35(15-16-39-2)29(38)22-11-13-24(14-12-22)30(31,32)33/h4-14,17,27H,15-16,18-19H2,1-3H3. The molecule has 0 aromatic heterocycles. The SMILES string of the molecule is COCCN(CC(=O)N1N=C(c2cccc(OC)c2)CC1c1ccc(C)cc1)C(=O)c1ccc(C(F)(F)F)cc1. The van der Waals surface area contributed by atoms with Crippen LogP contribution in [0.5, 0.6) is 5.75 Å². The molecule has 0 N–H and O–H groups in total. The topological polar surface area (TPSA) is 71.4 Å². The number of carbonyl (C=O) groups is 2. The van der Waals surface area contributed by atoms with Gasteiger partial charge in [-0.3, -0.25) is 9.59 Å². The lowest BCUT2D eigenvalue weighted by Crippen LogP contribution is -2.42. The Bertz CT molecular complexity index is 1370. The van der Waals surface area contributed by atoms with E-state index in [1.807, 2.05) is 55.5 Å². The molecule has 210 valence electrons. The Morgan fingerprint density at radius 2 is 1.73 bits per heavy atom. The highest BCUT2D eigenvalue weighted by molar-refractivity contribution is 6.04. The Morgan fingerprint density at radius 1 is 1.02 bits per heavy atom. The zero-order valence-electron chi connectivity index (χ0n) is 22.4. The van der Waals surface area contributed by atoms with Crippen LogP contribution in [-0.4, -0.2) is 61.4 Å². The summed E-state index contributed by atoms with van der Waals surface area (Å²) < 4.78 is 49.5. The minimum Gasteiger partial charge on any atom is -0.497 e. The molecule has 3 aromatic carbocycles. The minimum absolute atomic E-state index is 0.0361. The molecule has 0 spiro atoms. The molecular formula is C30H30F3N3O4. The van der Waals surface area contributed by atoms with Gasteiger partial charge in [0.25, 0.3) is 11.8 Å².